The Morgan fingerprint density at radius 1 is 1.33 bits per heavy atom. The van der Waals surface area contributed by atoms with Crippen LogP contribution in [0.2, 0.25) is 0 Å². The van der Waals surface area contributed by atoms with Crippen molar-refractivity contribution in [3.63, 3.8) is 0 Å². The zero-order valence-electron chi connectivity index (χ0n) is 13.2. The summed E-state index contributed by atoms with van der Waals surface area (Å²) in [7, 11) is 2.12. The quantitative estimate of drug-likeness (QED) is 0.929. The molecule has 1 aliphatic carbocycles. The van der Waals surface area contributed by atoms with Crippen molar-refractivity contribution in [2.24, 2.45) is 7.05 Å². The third-order valence-electron chi connectivity index (χ3n) is 4.65. The van der Waals surface area contributed by atoms with Gasteiger partial charge in [0.1, 0.15) is 5.82 Å². The number of aromatic nitrogens is 2. The molecule has 1 saturated carbocycles. The van der Waals surface area contributed by atoms with E-state index in [4.69, 9.17) is 4.98 Å². The zero-order valence-corrected chi connectivity index (χ0v) is 14.0. The van der Waals surface area contributed by atoms with Gasteiger partial charge in [0, 0.05) is 18.3 Å². The fourth-order valence-electron chi connectivity index (χ4n) is 3.49. The number of benzene rings is 1. The number of rotatable bonds is 4. The molecular weight excluding hydrogens is 278 g/mol. The van der Waals surface area contributed by atoms with Crippen LogP contribution in [0.15, 0.2) is 24.3 Å². The summed E-state index contributed by atoms with van der Waals surface area (Å²) in [5.74, 6) is 1.14. The lowest BCUT2D eigenvalue weighted by Crippen LogP contribution is -2.37. The average Bonchev–Trinajstić information content (AvgIpc) is 2.85. The third-order valence-corrected chi connectivity index (χ3v) is 5.75. The lowest BCUT2D eigenvalue weighted by Gasteiger charge is -2.31. The molecule has 0 amide bonds. The van der Waals surface area contributed by atoms with Crippen LogP contribution < -0.4 is 5.32 Å². The molecule has 1 N–H and O–H groups in total. The van der Waals surface area contributed by atoms with E-state index in [1.807, 2.05) is 11.8 Å². The summed E-state index contributed by atoms with van der Waals surface area (Å²) in [6.45, 7) is 2.24. The Morgan fingerprint density at radius 3 is 2.90 bits per heavy atom. The summed E-state index contributed by atoms with van der Waals surface area (Å²) in [5.41, 5.74) is 2.31. The summed E-state index contributed by atoms with van der Waals surface area (Å²) >= 11 is 2.02. The van der Waals surface area contributed by atoms with Crippen molar-refractivity contribution in [3.05, 3.63) is 30.1 Å². The first kappa shape index (κ1) is 14.9. The number of imidazole rings is 1. The number of aryl methyl sites for hydroxylation is 1. The number of hydrogen-bond donors (Lipinski definition) is 1. The second-order valence-electron chi connectivity index (χ2n) is 6.13. The Morgan fingerprint density at radius 2 is 2.14 bits per heavy atom. The molecule has 3 unspecified atom stereocenters. The monoisotopic (exact) mass is 303 g/mol. The van der Waals surface area contributed by atoms with Crippen LogP contribution in [0.5, 0.6) is 0 Å². The van der Waals surface area contributed by atoms with Crippen LogP contribution >= 0.6 is 11.8 Å². The first-order valence-electron chi connectivity index (χ1n) is 7.89. The van der Waals surface area contributed by atoms with Gasteiger partial charge in [0.15, 0.2) is 0 Å². The third kappa shape index (κ3) is 3.11. The largest absolute Gasteiger partial charge is 0.330 e. The van der Waals surface area contributed by atoms with Crippen LogP contribution in [0.4, 0.5) is 0 Å². The maximum Gasteiger partial charge on any atom is 0.126 e. The highest BCUT2D eigenvalue weighted by atomic mass is 32.2. The first-order valence-corrected chi connectivity index (χ1v) is 9.18. The number of hydrogen-bond acceptors (Lipinski definition) is 3. The van der Waals surface area contributed by atoms with E-state index >= 15 is 0 Å². The summed E-state index contributed by atoms with van der Waals surface area (Å²) in [6, 6.07) is 9.30. The van der Waals surface area contributed by atoms with Crippen LogP contribution in [-0.4, -0.2) is 27.1 Å². The predicted molar refractivity (Wildman–Crippen MR) is 91.8 cm³/mol. The molecular formula is C17H25N3S. The highest BCUT2D eigenvalue weighted by Gasteiger charge is 2.24. The van der Waals surface area contributed by atoms with Gasteiger partial charge in [-0.1, -0.05) is 18.6 Å². The van der Waals surface area contributed by atoms with Crippen molar-refractivity contribution in [3.8, 4) is 0 Å². The molecule has 4 heteroatoms. The Kier molecular flexibility index (Phi) is 4.55. The standard InChI is InChI=1S/C17H25N3S/c1-12(18-13-7-6-8-14(11-13)21-3)17-19-15-9-4-5-10-16(15)20(17)2/h4-5,9-10,12-14,18H,6-8,11H2,1-3H3. The molecule has 1 aliphatic rings. The normalized spacial score (nSPS) is 24.3. The number of nitrogens with zero attached hydrogens (tertiary/aromatic N) is 2. The average molecular weight is 303 g/mol. The smallest absolute Gasteiger partial charge is 0.126 e. The Bertz CT molecular complexity index is 607. The van der Waals surface area contributed by atoms with Crippen molar-refractivity contribution in [1.82, 2.24) is 14.9 Å². The van der Waals surface area contributed by atoms with E-state index in [1.54, 1.807) is 0 Å². The van der Waals surface area contributed by atoms with Gasteiger partial charge in [-0.05, 0) is 44.6 Å². The Labute approximate surface area is 131 Å². The van der Waals surface area contributed by atoms with Crippen LogP contribution in [-0.2, 0) is 7.05 Å². The van der Waals surface area contributed by atoms with Gasteiger partial charge in [-0.15, -0.1) is 0 Å². The van der Waals surface area contributed by atoms with E-state index in [1.165, 1.54) is 31.2 Å². The highest BCUT2D eigenvalue weighted by Crippen LogP contribution is 2.28. The first-order chi connectivity index (χ1) is 10.2. The zero-order chi connectivity index (χ0) is 14.8. The second-order valence-corrected chi connectivity index (χ2v) is 7.27. The number of fused-ring (bicyclic) bond motifs is 1. The van der Waals surface area contributed by atoms with E-state index in [0.29, 0.717) is 12.1 Å². The van der Waals surface area contributed by atoms with Crippen LogP contribution in [0, 0.1) is 0 Å². The van der Waals surface area contributed by atoms with Crippen molar-refractivity contribution in [1.29, 1.82) is 0 Å². The van der Waals surface area contributed by atoms with E-state index in [2.05, 4.69) is 54.4 Å². The van der Waals surface area contributed by atoms with E-state index in [-0.39, 0.29) is 0 Å². The molecule has 3 rings (SSSR count). The second kappa shape index (κ2) is 6.41. The van der Waals surface area contributed by atoms with Crippen LogP contribution in [0.1, 0.15) is 44.5 Å². The molecule has 3 atom stereocenters. The Balaban J connectivity index is 1.74. The van der Waals surface area contributed by atoms with E-state index < -0.39 is 0 Å². The van der Waals surface area contributed by atoms with E-state index in [0.717, 1.165) is 16.6 Å². The molecule has 1 fully saturated rings. The molecule has 1 heterocycles. The molecule has 1 aromatic carbocycles. The molecule has 0 aliphatic heterocycles. The molecule has 0 bridgehead atoms. The molecule has 114 valence electrons. The van der Waals surface area contributed by atoms with Crippen LogP contribution in [0.3, 0.4) is 0 Å². The minimum absolute atomic E-state index is 0.299. The maximum absolute atomic E-state index is 4.81. The van der Waals surface area contributed by atoms with Gasteiger partial charge in [-0.3, -0.25) is 0 Å². The van der Waals surface area contributed by atoms with Gasteiger partial charge in [-0.2, -0.15) is 11.8 Å². The Hall–Kier alpha value is -1.00. The number of nitrogens with one attached hydrogen (secondary N) is 1. The number of thioether (sulfide) groups is 1. The lowest BCUT2D eigenvalue weighted by atomic mass is 9.94. The summed E-state index contributed by atoms with van der Waals surface area (Å²) in [6.07, 6.45) is 7.54. The van der Waals surface area contributed by atoms with Crippen molar-refractivity contribution in [2.75, 3.05) is 6.26 Å². The van der Waals surface area contributed by atoms with Gasteiger partial charge in [0.2, 0.25) is 0 Å². The molecule has 3 nitrogen and oxygen atoms in total. The maximum atomic E-state index is 4.81. The molecule has 0 spiro atoms. The molecule has 0 radical (unpaired) electrons. The van der Waals surface area contributed by atoms with Gasteiger partial charge < -0.3 is 9.88 Å². The van der Waals surface area contributed by atoms with Crippen molar-refractivity contribution >= 4 is 22.8 Å². The molecule has 2 aromatic rings. The van der Waals surface area contributed by atoms with Crippen molar-refractivity contribution < 1.29 is 0 Å². The van der Waals surface area contributed by atoms with Gasteiger partial charge in [-0.25, -0.2) is 4.98 Å². The minimum Gasteiger partial charge on any atom is -0.330 e. The van der Waals surface area contributed by atoms with Gasteiger partial charge in [0.25, 0.3) is 0 Å². The summed E-state index contributed by atoms with van der Waals surface area (Å²) < 4.78 is 2.22. The summed E-state index contributed by atoms with van der Waals surface area (Å²) in [4.78, 5) is 4.81. The predicted octanol–water partition coefficient (Wildman–Crippen LogP) is 3.90. The van der Waals surface area contributed by atoms with Gasteiger partial charge in [0.05, 0.1) is 17.1 Å². The fraction of sp³-hybridized carbons (Fsp3) is 0.588. The lowest BCUT2D eigenvalue weighted by molar-refractivity contribution is 0.345. The van der Waals surface area contributed by atoms with Crippen LogP contribution in [0.25, 0.3) is 11.0 Å². The van der Waals surface area contributed by atoms with Gasteiger partial charge >= 0.3 is 0 Å². The summed E-state index contributed by atoms with van der Waals surface area (Å²) in [5, 5.41) is 4.63. The molecule has 0 saturated heterocycles. The van der Waals surface area contributed by atoms with Crippen molar-refractivity contribution in [2.45, 2.75) is 49.9 Å². The minimum atomic E-state index is 0.299. The molecule has 1 aromatic heterocycles. The fourth-order valence-corrected chi connectivity index (χ4v) is 4.32. The SMILES string of the molecule is CSC1CCCC(NC(C)c2nc3ccccc3n2C)C1. The topological polar surface area (TPSA) is 29.9 Å². The highest BCUT2D eigenvalue weighted by molar-refractivity contribution is 7.99. The van der Waals surface area contributed by atoms with E-state index in [9.17, 15) is 0 Å². The number of para-hydroxylation sites is 2. The molecule has 21 heavy (non-hydrogen) atoms.